The molecular formula is C58H104O2. The van der Waals surface area contributed by atoms with E-state index in [1.54, 1.807) is 128 Å². The molecule has 0 N–H and O–H groups in total. The van der Waals surface area contributed by atoms with Crippen molar-refractivity contribution in [3.63, 3.8) is 0 Å². The molecule has 0 aromatic heterocycles. The molecule has 7 fully saturated rings. The average Bonchev–Trinajstić information content (AvgIpc) is 3.31. The van der Waals surface area contributed by atoms with Crippen molar-refractivity contribution in [2.75, 3.05) is 13.2 Å². The van der Waals surface area contributed by atoms with Gasteiger partial charge < -0.3 is 9.47 Å². The van der Waals surface area contributed by atoms with E-state index in [0.717, 1.165) is 84.2 Å². The van der Waals surface area contributed by atoms with Crippen LogP contribution in [0.25, 0.3) is 0 Å². The van der Waals surface area contributed by atoms with Crippen LogP contribution < -0.4 is 0 Å². The Balaban J connectivity index is 0.702. The number of unbranched alkanes of at least 4 members (excludes halogenated alkanes) is 6. The van der Waals surface area contributed by atoms with Crippen LogP contribution in [0.5, 0.6) is 0 Å². The van der Waals surface area contributed by atoms with Gasteiger partial charge in [0.2, 0.25) is 0 Å². The van der Waals surface area contributed by atoms with Gasteiger partial charge in [-0.05, 0) is 219 Å². The van der Waals surface area contributed by atoms with Crippen molar-refractivity contribution in [1.82, 2.24) is 0 Å². The third-order valence-electron chi connectivity index (χ3n) is 20.1. The minimum atomic E-state index is 0.582. The van der Waals surface area contributed by atoms with E-state index in [2.05, 4.69) is 13.8 Å². The molecule has 0 spiro atoms. The number of hydrogen-bond acceptors (Lipinski definition) is 2. The summed E-state index contributed by atoms with van der Waals surface area (Å²) in [6, 6.07) is 0. The maximum absolute atomic E-state index is 6.26. The Labute approximate surface area is 375 Å². The fourth-order valence-electron chi connectivity index (χ4n) is 15.9. The maximum Gasteiger partial charge on any atom is 0.0575 e. The van der Waals surface area contributed by atoms with Gasteiger partial charge in [-0.2, -0.15) is 0 Å². The Morgan fingerprint density at radius 1 is 0.283 bits per heavy atom. The Kier molecular flexibility index (Phi) is 21.4. The van der Waals surface area contributed by atoms with Gasteiger partial charge in [0, 0.05) is 13.2 Å². The second-order valence-corrected chi connectivity index (χ2v) is 23.9. The normalized spacial score (nSPS) is 39.7. The second-order valence-electron chi connectivity index (χ2n) is 23.9. The van der Waals surface area contributed by atoms with Crippen LogP contribution in [-0.2, 0) is 9.47 Å². The molecule has 7 rings (SSSR count). The zero-order valence-corrected chi connectivity index (χ0v) is 40.6. The number of hydrogen-bond donors (Lipinski definition) is 0. The van der Waals surface area contributed by atoms with E-state index in [1.165, 1.54) is 128 Å². The second kappa shape index (κ2) is 26.8. The first kappa shape index (κ1) is 47.9. The summed E-state index contributed by atoms with van der Waals surface area (Å²) in [6.07, 6.45) is 60.7. The molecule has 0 aliphatic heterocycles. The highest BCUT2D eigenvalue weighted by Crippen LogP contribution is 2.51. The highest BCUT2D eigenvalue weighted by molar-refractivity contribution is 4.90. The molecule has 0 amide bonds. The maximum atomic E-state index is 6.26. The van der Waals surface area contributed by atoms with Crippen molar-refractivity contribution >= 4 is 0 Å². The quantitative estimate of drug-likeness (QED) is 0.101. The van der Waals surface area contributed by atoms with Crippen LogP contribution in [-0.4, -0.2) is 25.4 Å². The lowest BCUT2D eigenvalue weighted by atomic mass is 9.61. The summed E-state index contributed by atoms with van der Waals surface area (Å²) in [6.45, 7) is 6.63. The van der Waals surface area contributed by atoms with E-state index in [9.17, 15) is 0 Å². The lowest BCUT2D eigenvalue weighted by Crippen LogP contribution is -2.33. The molecule has 7 saturated carbocycles. The Morgan fingerprint density at radius 2 is 0.567 bits per heavy atom. The molecule has 2 heteroatoms. The van der Waals surface area contributed by atoms with E-state index < -0.39 is 0 Å². The third kappa shape index (κ3) is 15.5. The lowest BCUT2D eigenvalue weighted by molar-refractivity contribution is 0.0143. The summed E-state index contributed by atoms with van der Waals surface area (Å²) in [5.74, 6) is 12.8. The molecule has 0 heterocycles. The van der Waals surface area contributed by atoms with Crippen molar-refractivity contribution in [1.29, 1.82) is 0 Å². The predicted octanol–water partition coefficient (Wildman–Crippen LogP) is 17.9. The molecular weight excluding hydrogens is 729 g/mol. The van der Waals surface area contributed by atoms with Crippen LogP contribution in [0.4, 0.5) is 0 Å². The fraction of sp³-hybridized carbons (Fsp3) is 1.00. The summed E-state index contributed by atoms with van der Waals surface area (Å²) >= 11 is 0. The van der Waals surface area contributed by atoms with Crippen LogP contribution in [0, 0.1) is 71.0 Å². The van der Waals surface area contributed by atoms with Gasteiger partial charge in [-0.25, -0.2) is 0 Å². The zero-order valence-electron chi connectivity index (χ0n) is 40.6. The average molecular weight is 833 g/mol. The first-order valence-corrected chi connectivity index (χ1v) is 28.9. The number of rotatable bonds is 22. The van der Waals surface area contributed by atoms with Crippen molar-refractivity contribution in [3.05, 3.63) is 0 Å². The molecule has 7 aliphatic carbocycles. The first-order chi connectivity index (χ1) is 29.6. The summed E-state index contributed by atoms with van der Waals surface area (Å²) in [4.78, 5) is 0. The zero-order chi connectivity index (χ0) is 41.2. The number of ether oxygens (including phenoxy) is 2. The van der Waals surface area contributed by atoms with E-state index in [4.69, 9.17) is 9.47 Å². The van der Waals surface area contributed by atoms with Crippen LogP contribution in [0.1, 0.15) is 271 Å². The van der Waals surface area contributed by atoms with Crippen molar-refractivity contribution in [2.45, 2.75) is 283 Å². The fourth-order valence-corrected chi connectivity index (χ4v) is 15.9. The van der Waals surface area contributed by atoms with Crippen molar-refractivity contribution < 1.29 is 9.47 Å². The largest absolute Gasteiger partial charge is 0.378 e. The van der Waals surface area contributed by atoms with Crippen LogP contribution in [0.2, 0.25) is 0 Å². The predicted molar refractivity (Wildman–Crippen MR) is 257 cm³/mol. The van der Waals surface area contributed by atoms with Gasteiger partial charge in [-0.1, -0.05) is 123 Å². The molecule has 0 aromatic carbocycles. The van der Waals surface area contributed by atoms with Crippen LogP contribution in [0.15, 0.2) is 0 Å². The van der Waals surface area contributed by atoms with E-state index in [1.807, 2.05) is 0 Å². The van der Waals surface area contributed by atoms with E-state index in [-0.39, 0.29) is 0 Å². The lowest BCUT2D eigenvalue weighted by Gasteiger charge is -2.44. The molecule has 0 radical (unpaired) electrons. The molecule has 2 unspecified atom stereocenters. The Hall–Kier alpha value is -0.0800. The van der Waals surface area contributed by atoms with Gasteiger partial charge in [-0.3, -0.25) is 0 Å². The highest BCUT2D eigenvalue weighted by Gasteiger charge is 2.39. The van der Waals surface area contributed by atoms with Gasteiger partial charge >= 0.3 is 0 Å². The topological polar surface area (TPSA) is 18.5 Å². The van der Waals surface area contributed by atoms with Gasteiger partial charge in [0.15, 0.2) is 0 Å². The Morgan fingerprint density at radius 3 is 0.883 bits per heavy atom. The molecule has 348 valence electrons. The monoisotopic (exact) mass is 833 g/mol. The smallest absolute Gasteiger partial charge is 0.0575 e. The molecule has 60 heavy (non-hydrogen) atoms. The molecule has 0 aromatic rings. The van der Waals surface area contributed by atoms with Gasteiger partial charge in [0.05, 0.1) is 12.2 Å². The summed E-state index contributed by atoms with van der Waals surface area (Å²) in [5.41, 5.74) is 0. The third-order valence-corrected chi connectivity index (χ3v) is 20.1. The summed E-state index contributed by atoms with van der Waals surface area (Å²) in [5, 5.41) is 0. The molecule has 2 atom stereocenters. The van der Waals surface area contributed by atoms with Gasteiger partial charge in [-0.15, -0.1) is 0 Å². The van der Waals surface area contributed by atoms with Crippen LogP contribution in [0.3, 0.4) is 0 Å². The SMILES string of the molecule is CCCCCCOC1CCC(CCC2CCC(C3CCC(C4CCCC(C5CCC(C6CCC(CCC7CCC(OCCCCCC)CC7)CC6)CC5)C4)CC3)CC2)CC1. The van der Waals surface area contributed by atoms with Crippen molar-refractivity contribution in [2.24, 2.45) is 71.0 Å². The van der Waals surface area contributed by atoms with E-state index >= 15 is 0 Å². The minimum absolute atomic E-state index is 0.582. The summed E-state index contributed by atoms with van der Waals surface area (Å²) < 4.78 is 12.5. The minimum Gasteiger partial charge on any atom is -0.378 e. The molecule has 0 bridgehead atoms. The first-order valence-electron chi connectivity index (χ1n) is 28.9. The van der Waals surface area contributed by atoms with E-state index in [0.29, 0.717) is 12.2 Å². The van der Waals surface area contributed by atoms with Gasteiger partial charge in [0.1, 0.15) is 0 Å². The summed E-state index contributed by atoms with van der Waals surface area (Å²) in [7, 11) is 0. The highest BCUT2D eigenvalue weighted by atomic mass is 16.5. The van der Waals surface area contributed by atoms with Gasteiger partial charge in [0.25, 0.3) is 0 Å². The van der Waals surface area contributed by atoms with Crippen molar-refractivity contribution in [3.8, 4) is 0 Å². The Bertz CT molecular complexity index is 986. The standard InChI is InChI=1S/C58H104O2/c1-3-5-7-9-42-59-57-38-22-47(23-39-57)16-14-45-18-26-49(27-19-45)51-30-34-53(35-31-51)55-12-11-13-56(44-55)54-36-32-52(33-37-54)50-28-20-46(21-29-50)15-17-48-24-40-58(41-25-48)60-43-10-8-6-4-2/h45-58H,3-44H2,1-2H3. The molecule has 7 aliphatic rings. The molecule has 0 saturated heterocycles. The molecule has 2 nitrogen and oxygen atoms in total. The van der Waals surface area contributed by atoms with Crippen LogP contribution >= 0.6 is 0 Å².